The number of hydrogen-bond donors (Lipinski definition) is 0. The number of amides is 1. The van der Waals surface area contributed by atoms with E-state index in [1.165, 1.54) is 26.4 Å². The monoisotopic (exact) mass is 385 g/mol. The first-order valence-corrected chi connectivity index (χ1v) is 9.27. The summed E-state index contributed by atoms with van der Waals surface area (Å²) in [6, 6.07) is 9.67. The lowest BCUT2D eigenvalue weighted by Crippen LogP contribution is -2.40. The smallest absolute Gasteiger partial charge is 0.261 e. The van der Waals surface area contributed by atoms with Crippen LogP contribution >= 0.6 is 0 Å². The molecule has 0 aromatic heterocycles. The number of ketones is 1. The zero-order valence-corrected chi connectivity index (χ0v) is 16.3. The molecule has 0 spiro atoms. The molecular formula is C22H24FNO4. The molecule has 148 valence electrons. The van der Waals surface area contributed by atoms with Crippen molar-refractivity contribution in [3.8, 4) is 11.5 Å². The van der Waals surface area contributed by atoms with E-state index in [2.05, 4.69) is 0 Å². The molecule has 0 radical (unpaired) electrons. The maximum absolute atomic E-state index is 13.5. The Balaban J connectivity index is 1.71. The van der Waals surface area contributed by atoms with Gasteiger partial charge in [0.15, 0.2) is 5.78 Å². The second kappa shape index (κ2) is 8.42. The highest BCUT2D eigenvalue weighted by molar-refractivity contribution is 6.00. The van der Waals surface area contributed by atoms with E-state index in [0.29, 0.717) is 54.1 Å². The molecule has 0 bridgehead atoms. The van der Waals surface area contributed by atoms with Crippen LogP contribution in [0.25, 0.3) is 0 Å². The van der Waals surface area contributed by atoms with Crippen LogP contribution in [0.4, 0.5) is 4.39 Å². The van der Waals surface area contributed by atoms with Crippen molar-refractivity contribution in [1.29, 1.82) is 0 Å². The van der Waals surface area contributed by atoms with Gasteiger partial charge in [-0.3, -0.25) is 9.59 Å². The Morgan fingerprint density at radius 3 is 2.18 bits per heavy atom. The number of piperidine rings is 1. The van der Waals surface area contributed by atoms with E-state index in [9.17, 15) is 14.0 Å². The molecule has 0 aliphatic carbocycles. The van der Waals surface area contributed by atoms with E-state index in [1.54, 1.807) is 36.1 Å². The second-order valence-electron chi connectivity index (χ2n) is 6.93. The number of likely N-dealkylation sites (tertiary alicyclic amines) is 1. The molecular weight excluding hydrogens is 361 g/mol. The highest BCUT2D eigenvalue weighted by Crippen LogP contribution is 2.31. The van der Waals surface area contributed by atoms with Crippen LogP contribution < -0.4 is 9.47 Å². The Hall–Kier alpha value is -2.89. The first kappa shape index (κ1) is 19.9. The first-order chi connectivity index (χ1) is 13.5. The van der Waals surface area contributed by atoms with Gasteiger partial charge in [0.1, 0.15) is 22.9 Å². The van der Waals surface area contributed by atoms with Gasteiger partial charge in [-0.05, 0) is 55.7 Å². The molecule has 0 N–H and O–H groups in total. The van der Waals surface area contributed by atoms with E-state index in [1.807, 2.05) is 0 Å². The lowest BCUT2D eigenvalue weighted by molar-refractivity contribution is 0.0644. The highest BCUT2D eigenvalue weighted by Gasteiger charge is 2.31. The van der Waals surface area contributed by atoms with Crippen LogP contribution in [-0.4, -0.2) is 43.9 Å². The maximum atomic E-state index is 13.5. The van der Waals surface area contributed by atoms with Crippen molar-refractivity contribution in [1.82, 2.24) is 4.90 Å². The Kier molecular flexibility index (Phi) is 5.97. The van der Waals surface area contributed by atoms with Gasteiger partial charge in [-0.15, -0.1) is 0 Å². The molecule has 2 aromatic carbocycles. The van der Waals surface area contributed by atoms with E-state index in [-0.39, 0.29) is 23.4 Å². The predicted octanol–water partition coefficient (Wildman–Crippen LogP) is 3.89. The minimum atomic E-state index is -0.317. The number of nitrogens with zero attached hydrogens (tertiary/aromatic N) is 1. The van der Waals surface area contributed by atoms with Gasteiger partial charge in [0.05, 0.1) is 14.2 Å². The normalized spacial score (nSPS) is 14.6. The van der Waals surface area contributed by atoms with Crippen molar-refractivity contribution < 1.29 is 23.5 Å². The minimum absolute atomic E-state index is 0.00470. The average molecular weight is 385 g/mol. The Bertz CT molecular complexity index is 866. The van der Waals surface area contributed by atoms with Crippen molar-refractivity contribution in [2.45, 2.75) is 19.8 Å². The number of halogens is 1. The summed E-state index contributed by atoms with van der Waals surface area (Å²) in [6.07, 6.45) is 1.14. The summed E-state index contributed by atoms with van der Waals surface area (Å²) in [7, 11) is 3.03. The molecule has 1 fully saturated rings. The Morgan fingerprint density at radius 2 is 1.64 bits per heavy atom. The van der Waals surface area contributed by atoms with Crippen molar-refractivity contribution in [2.24, 2.45) is 5.92 Å². The molecule has 1 aliphatic rings. The number of Topliss-reactive ketones (excluding diaryl/α,β-unsaturated/α-hetero) is 1. The number of rotatable bonds is 5. The summed E-state index contributed by atoms with van der Waals surface area (Å²) in [5, 5.41) is 0. The third-order valence-corrected chi connectivity index (χ3v) is 5.24. The van der Waals surface area contributed by atoms with Gasteiger partial charge in [-0.1, -0.05) is 6.07 Å². The van der Waals surface area contributed by atoms with Crippen LogP contribution in [0.5, 0.6) is 11.5 Å². The average Bonchev–Trinajstić information content (AvgIpc) is 2.74. The van der Waals surface area contributed by atoms with Crippen LogP contribution in [0.15, 0.2) is 36.4 Å². The van der Waals surface area contributed by atoms with Gasteiger partial charge < -0.3 is 14.4 Å². The SMILES string of the molecule is COc1cccc(OC)c1C(=O)N1CCC(C(=O)c2ccc(F)c(C)c2)CC1. The third kappa shape index (κ3) is 3.86. The summed E-state index contributed by atoms with van der Waals surface area (Å²) in [4.78, 5) is 27.5. The fourth-order valence-corrected chi connectivity index (χ4v) is 3.60. The second-order valence-corrected chi connectivity index (χ2v) is 6.93. The predicted molar refractivity (Wildman–Crippen MR) is 104 cm³/mol. The zero-order chi connectivity index (χ0) is 20.3. The van der Waals surface area contributed by atoms with Crippen LogP contribution in [0.1, 0.15) is 39.1 Å². The number of benzene rings is 2. The lowest BCUT2D eigenvalue weighted by Gasteiger charge is -2.32. The molecule has 2 aromatic rings. The van der Waals surface area contributed by atoms with Crippen molar-refractivity contribution >= 4 is 11.7 Å². The van der Waals surface area contributed by atoms with Gasteiger partial charge in [0.2, 0.25) is 0 Å². The quantitative estimate of drug-likeness (QED) is 0.733. The van der Waals surface area contributed by atoms with Gasteiger partial charge in [0.25, 0.3) is 5.91 Å². The summed E-state index contributed by atoms with van der Waals surface area (Å²) < 4.78 is 24.1. The van der Waals surface area contributed by atoms with Crippen LogP contribution in [0.3, 0.4) is 0 Å². The van der Waals surface area contributed by atoms with Crippen molar-refractivity contribution in [2.75, 3.05) is 27.3 Å². The lowest BCUT2D eigenvalue weighted by atomic mass is 9.88. The Morgan fingerprint density at radius 1 is 1.04 bits per heavy atom. The molecule has 1 saturated heterocycles. The molecule has 1 heterocycles. The van der Waals surface area contributed by atoms with Gasteiger partial charge in [-0.25, -0.2) is 4.39 Å². The number of hydrogen-bond acceptors (Lipinski definition) is 4. The molecule has 1 amide bonds. The molecule has 5 nitrogen and oxygen atoms in total. The number of ether oxygens (including phenoxy) is 2. The first-order valence-electron chi connectivity index (χ1n) is 9.27. The van der Waals surface area contributed by atoms with Gasteiger partial charge in [0, 0.05) is 24.6 Å². The summed E-state index contributed by atoms with van der Waals surface area (Å²) in [5.41, 5.74) is 1.38. The number of carbonyl (C=O) groups excluding carboxylic acids is 2. The van der Waals surface area contributed by atoms with Crippen molar-refractivity contribution in [3.05, 3.63) is 58.9 Å². The summed E-state index contributed by atoms with van der Waals surface area (Å²) in [6.45, 7) is 2.58. The maximum Gasteiger partial charge on any atom is 0.261 e. The molecule has 6 heteroatoms. The van der Waals surface area contributed by atoms with Crippen LogP contribution in [0, 0.1) is 18.7 Å². The van der Waals surface area contributed by atoms with Gasteiger partial charge in [-0.2, -0.15) is 0 Å². The highest BCUT2D eigenvalue weighted by atomic mass is 19.1. The summed E-state index contributed by atoms with van der Waals surface area (Å²) >= 11 is 0. The zero-order valence-electron chi connectivity index (χ0n) is 16.3. The standard InChI is InChI=1S/C22H24FNO4/c1-14-13-16(7-8-17(14)23)21(25)15-9-11-24(12-10-15)22(26)20-18(27-2)5-4-6-19(20)28-3/h4-8,13,15H,9-12H2,1-3H3. The molecule has 1 aliphatic heterocycles. The molecule has 28 heavy (non-hydrogen) atoms. The van der Waals surface area contributed by atoms with Crippen molar-refractivity contribution in [3.63, 3.8) is 0 Å². The molecule has 3 rings (SSSR count). The molecule has 0 unspecified atom stereocenters. The molecule has 0 atom stereocenters. The Labute approximate surface area is 164 Å². The largest absolute Gasteiger partial charge is 0.496 e. The van der Waals surface area contributed by atoms with E-state index < -0.39 is 0 Å². The van der Waals surface area contributed by atoms with Crippen LogP contribution in [0.2, 0.25) is 0 Å². The fourth-order valence-electron chi connectivity index (χ4n) is 3.60. The number of methoxy groups -OCH3 is 2. The third-order valence-electron chi connectivity index (χ3n) is 5.24. The number of carbonyl (C=O) groups is 2. The van der Waals surface area contributed by atoms with Crippen LogP contribution in [-0.2, 0) is 0 Å². The van der Waals surface area contributed by atoms with Gasteiger partial charge >= 0.3 is 0 Å². The molecule has 0 saturated carbocycles. The summed E-state index contributed by atoms with van der Waals surface area (Å²) in [5.74, 6) is 0.271. The number of aryl methyl sites for hydroxylation is 1. The fraction of sp³-hybridized carbons (Fsp3) is 0.364. The van der Waals surface area contributed by atoms with E-state index in [0.717, 1.165) is 0 Å². The topological polar surface area (TPSA) is 55.8 Å². The minimum Gasteiger partial charge on any atom is -0.496 e. The van der Waals surface area contributed by atoms with E-state index >= 15 is 0 Å². The van der Waals surface area contributed by atoms with E-state index in [4.69, 9.17) is 9.47 Å².